The summed E-state index contributed by atoms with van der Waals surface area (Å²) in [6.07, 6.45) is 0. The number of carbonyl (C=O) groups is 2. The van der Waals surface area contributed by atoms with Crippen molar-refractivity contribution in [2.75, 3.05) is 19.0 Å². The van der Waals surface area contributed by atoms with Crippen molar-refractivity contribution in [1.82, 2.24) is 0 Å². The highest BCUT2D eigenvalue weighted by Crippen LogP contribution is 2.26. The molecule has 1 N–H and O–H groups in total. The fourth-order valence-corrected chi connectivity index (χ4v) is 3.36. The van der Waals surface area contributed by atoms with E-state index in [2.05, 4.69) is 19.2 Å². The Labute approximate surface area is 193 Å². The van der Waals surface area contributed by atoms with Crippen LogP contribution in [0.15, 0.2) is 66.7 Å². The van der Waals surface area contributed by atoms with Crippen LogP contribution < -0.4 is 10.1 Å². The van der Waals surface area contributed by atoms with Gasteiger partial charge in [0.15, 0.2) is 5.78 Å². The fourth-order valence-electron chi connectivity index (χ4n) is 3.19. The second-order valence-electron chi connectivity index (χ2n) is 7.77. The number of hydrogen-bond donors (Lipinski definition) is 1. The van der Waals surface area contributed by atoms with E-state index in [0.29, 0.717) is 52.3 Å². The molecule has 1 amide bonds. The maximum atomic E-state index is 13.0. The van der Waals surface area contributed by atoms with Crippen molar-refractivity contribution in [1.29, 1.82) is 0 Å². The Morgan fingerprint density at radius 2 is 1.72 bits per heavy atom. The number of ether oxygens (including phenoxy) is 2. The first kappa shape index (κ1) is 23.5. The predicted octanol–water partition coefficient (Wildman–Crippen LogP) is 6.00. The summed E-state index contributed by atoms with van der Waals surface area (Å²) >= 11 is 6.13. The van der Waals surface area contributed by atoms with Crippen LogP contribution >= 0.6 is 11.6 Å². The summed E-state index contributed by atoms with van der Waals surface area (Å²) in [5, 5.41) is 3.26. The zero-order valence-corrected chi connectivity index (χ0v) is 19.1. The molecule has 0 aliphatic rings. The van der Waals surface area contributed by atoms with E-state index in [-0.39, 0.29) is 11.7 Å². The van der Waals surface area contributed by atoms with Crippen LogP contribution in [0.3, 0.4) is 0 Å². The molecule has 0 heterocycles. The molecule has 0 spiro atoms. The molecule has 166 valence electrons. The van der Waals surface area contributed by atoms with Gasteiger partial charge in [0.1, 0.15) is 5.75 Å². The van der Waals surface area contributed by atoms with E-state index in [0.717, 1.165) is 5.56 Å². The van der Waals surface area contributed by atoms with Gasteiger partial charge in [-0.2, -0.15) is 0 Å². The molecule has 0 fully saturated rings. The molecule has 3 aromatic carbocycles. The second-order valence-corrected chi connectivity index (χ2v) is 8.21. The maximum absolute atomic E-state index is 13.0. The van der Waals surface area contributed by atoms with Crippen LogP contribution in [0.25, 0.3) is 0 Å². The zero-order chi connectivity index (χ0) is 23.1. The Kier molecular flexibility index (Phi) is 8.03. The van der Waals surface area contributed by atoms with Gasteiger partial charge >= 0.3 is 0 Å². The average molecular weight is 452 g/mol. The van der Waals surface area contributed by atoms with E-state index in [9.17, 15) is 9.59 Å². The van der Waals surface area contributed by atoms with Crippen LogP contribution in [0, 0.1) is 5.92 Å². The highest BCUT2D eigenvalue weighted by molar-refractivity contribution is 6.31. The molecule has 3 rings (SSSR count). The molecule has 0 aliphatic heterocycles. The molecule has 0 aliphatic carbocycles. The fraction of sp³-hybridized carbons (Fsp3) is 0.231. The lowest BCUT2D eigenvalue weighted by atomic mass is 10.0. The zero-order valence-electron chi connectivity index (χ0n) is 18.4. The van der Waals surface area contributed by atoms with Crippen molar-refractivity contribution in [2.45, 2.75) is 20.5 Å². The molecule has 0 aromatic heterocycles. The minimum atomic E-state index is -0.345. The van der Waals surface area contributed by atoms with Crippen LogP contribution in [0.5, 0.6) is 5.75 Å². The Morgan fingerprint density at radius 3 is 2.41 bits per heavy atom. The summed E-state index contributed by atoms with van der Waals surface area (Å²) in [5.41, 5.74) is 2.44. The Bertz CT molecular complexity index is 1100. The van der Waals surface area contributed by atoms with Gasteiger partial charge in [0.25, 0.3) is 5.91 Å². The predicted molar refractivity (Wildman–Crippen MR) is 127 cm³/mol. The lowest BCUT2D eigenvalue weighted by molar-refractivity contribution is 0.0952. The average Bonchev–Trinajstić information content (AvgIpc) is 2.80. The van der Waals surface area contributed by atoms with E-state index in [4.69, 9.17) is 21.1 Å². The van der Waals surface area contributed by atoms with Gasteiger partial charge in [-0.05, 0) is 42.3 Å². The van der Waals surface area contributed by atoms with Crippen molar-refractivity contribution in [3.05, 3.63) is 94.0 Å². The number of amides is 1. The SMILES string of the molecule is COc1ccc(C(=O)Nc2ccc(Cl)cc2C(=O)c2ccccc2)cc1COCC(C)C. The van der Waals surface area contributed by atoms with Crippen LogP contribution in [0.2, 0.25) is 5.02 Å². The standard InChI is InChI=1S/C26H26ClNO4/c1-17(2)15-32-16-20-13-19(9-12-24(20)31-3)26(30)28-23-11-10-21(27)14-22(23)25(29)18-7-5-4-6-8-18/h4-14,17H,15-16H2,1-3H3,(H,28,30). The Hall–Kier alpha value is -3.15. The van der Waals surface area contributed by atoms with Crippen molar-refractivity contribution in [3.63, 3.8) is 0 Å². The van der Waals surface area contributed by atoms with Crippen LogP contribution in [-0.4, -0.2) is 25.4 Å². The summed E-state index contributed by atoms with van der Waals surface area (Å²) in [7, 11) is 1.58. The van der Waals surface area contributed by atoms with Crippen molar-refractivity contribution < 1.29 is 19.1 Å². The first-order valence-corrected chi connectivity index (χ1v) is 10.7. The number of nitrogens with one attached hydrogen (secondary N) is 1. The monoisotopic (exact) mass is 451 g/mol. The van der Waals surface area contributed by atoms with Crippen molar-refractivity contribution in [3.8, 4) is 5.75 Å². The van der Waals surface area contributed by atoms with Gasteiger partial charge in [0, 0.05) is 33.9 Å². The lowest BCUT2D eigenvalue weighted by Crippen LogP contribution is -2.16. The minimum Gasteiger partial charge on any atom is -0.496 e. The number of benzene rings is 3. The number of hydrogen-bond acceptors (Lipinski definition) is 4. The molecule has 0 saturated heterocycles. The number of ketones is 1. The number of carbonyl (C=O) groups excluding carboxylic acids is 2. The van der Waals surface area contributed by atoms with E-state index in [1.165, 1.54) is 0 Å². The van der Waals surface area contributed by atoms with Crippen molar-refractivity contribution >= 4 is 29.0 Å². The molecular weight excluding hydrogens is 426 g/mol. The third-order valence-corrected chi connectivity index (χ3v) is 5.00. The van der Waals surface area contributed by atoms with E-state index in [1.807, 2.05) is 6.07 Å². The molecule has 0 radical (unpaired) electrons. The molecular formula is C26H26ClNO4. The third kappa shape index (κ3) is 5.96. The summed E-state index contributed by atoms with van der Waals surface area (Å²) in [6, 6.07) is 18.8. The first-order valence-electron chi connectivity index (χ1n) is 10.3. The Morgan fingerprint density at radius 1 is 0.969 bits per heavy atom. The molecule has 5 nitrogen and oxygen atoms in total. The quantitative estimate of drug-likeness (QED) is 0.405. The van der Waals surface area contributed by atoms with Gasteiger partial charge in [0.2, 0.25) is 0 Å². The molecule has 0 saturated carbocycles. The van der Waals surface area contributed by atoms with Crippen LogP contribution in [-0.2, 0) is 11.3 Å². The minimum absolute atomic E-state index is 0.221. The number of anilines is 1. The van der Waals surface area contributed by atoms with Gasteiger partial charge in [0.05, 0.1) is 19.4 Å². The van der Waals surface area contributed by atoms with Gasteiger partial charge < -0.3 is 14.8 Å². The highest BCUT2D eigenvalue weighted by Gasteiger charge is 2.17. The number of rotatable bonds is 9. The summed E-state index contributed by atoms with van der Waals surface area (Å²) < 4.78 is 11.1. The van der Waals surface area contributed by atoms with Crippen molar-refractivity contribution in [2.24, 2.45) is 5.92 Å². The van der Waals surface area contributed by atoms with Gasteiger partial charge in [-0.25, -0.2) is 0 Å². The first-order chi connectivity index (χ1) is 15.4. The topological polar surface area (TPSA) is 64.6 Å². The molecule has 32 heavy (non-hydrogen) atoms. The normalized spacial score (nSPS) is 10.8. The number of methoxy groups -OCH3 is 1. The summed E-state index contributed by atoms with van der Waals surface area (Å²) in [6.45, 7) is 5.08. The second kappa shape index (κ2) is 10.9. The molecule has 6 heteroatoms. The van der Waals surface area contributed by atoms with Gasteiger partial charge in [-0.1, -0.05) is 55.8 Å². The third-order valence-electron chi connectivity index (χ3n) is 4.76. The van der Waals surface area contributed by atoms with Crippen LogP contribution in [0.1, 0.15) is 45.7 Å². The van der Waals surface area contributed by atoms with Crippen LogP contribution in [0.4, 0.5) is 5.69 Å². The maximum Gasteiger partial charge on any atom is 0.255 e. The van der Waals surface area contributed by atoms with E-state index in [1.54, 1.807) is 67.8 Å². The van der Waals surface area contributed by atoms with Gasteiger partial charge in [-0.3, -0.25) is 9.59 Å². The van der Waals surface area contributed by atoms with E-state index < -0.39 is 0 Å². The number of halogens is 1. The highest BCUT2D eigenvalue weighted by atomic mass is 35.5. The van der Waals surface area contributed by atoms with Gasteiger partial charge in [-0.15, -0.1) is 0 Å². The molecule has 3 aromatic rings. The lowest BCUT2D eigenvalue weighted by Gasteiger charge is -2.14. The largest absolute Gasteiger partial charge is 0.496 e. The molecule has 0 unspecified atom stereocenters. The van der Waals surface area contributed by atoms with E-state index >= 15 is 0 Å². The smallest absolute Gasteiger partial charge is 0.255 e. The molecule has 0 atom stereocenters. The summed E-state index contributed by atoms with van der Waals surface area (Å²) in [4.78, 5) is 26.0. The Balaban J connectivity index is 1.85. The molecule has 0 bridgehead atoms. The summed E-state index contributed by atoms with van der Waals surface area (Å²) in [5.74, 6) is 0.484.